The van der Waals surface area contributed by atoms with E-state index in [9.17, 15) is 4.79 Å². The van der Waals surface area contributed by atoms with Crippen molar-refractivity contribution in [3.63, 3.8) is 0 Å². The molecule has 3 rings (SSSR count). The summed E-state index contributed by atoms with van der Waals surface area (Å²) >= 11 is 0. The van der Waals surface area contributed by atoms with E-state index < -0.39 is 6.10 Å². The van der Waals surface area contributed by atoms with Crippen molar-refractivity contribution in [3.8, 4) is 5.75 Å². The van der Waals surface area contributed by atoms with E-state index in [4.69, 9.17) is 4.74 Å². The third kappa shape index (κ3) is 3.70. The fourth-order valence-electron chi connectivity index (χ4n) is 3.10. The molecule has 1 atom stereocenters. The van der Waals surface area contributed by atoms with Gasteiger partial charge in [0.1, 0.15) is 5.75 Å². The lowest BCUT2D eigenvalue weighted by molar-refractivity contribution is -0.138. The molecule has 1 saturated heterocycles. The second-order valence-electron chi connectivity index (χ2n) is 6.17. The van der Waals surface area contributed by atoms with E-state index in [0.717, 1.165) is 31.9 Å². The molecule has 1 aliphatic rings. The maximum Gasteiger partial charge on any atom is 0.263 e. The Kier molecular flexibility index (Phi) is 5.04. The summed E-state index contributed by atoms with van der Waals surface area (Å²) < 4.78 is 5.76. The van der Waals surface area contributed by atoms with E-state index in [1.165, 1.54) is 11.3 Å². The van der Waals surface area contributed by atoms with Gasteiger partial charge in [-0.1, -0.05) is 36.4 Å². The molecule has 4 heteroatoms. The van der Waals surface area contributed by atoms with E-state index in [1.54, 1.807) is 0 Å². The van der Waals surface area contributed by atoms with Crippen LogP contribution in [0.4, 0.5) is 5.69 Å². The van der Waals surface area contributed by atoms with Crippen LogP contribution in [-0.4, -0.2) is 43.1 Å². The van der Waals surface area contributed by atoms with Gasteiger partial charge in [-0.2, -0.15) is 0 Å². The molecule has 1 aliphatic heterocycles. The number of amides is 1. The first kappa shape index (κ1) is 16.4. The quantitative estimate of drug-likeness (QED) is 0.866. The number of carbonyl (C=O) groups excluding carboxylic acids is 1. The summed E-state index contributed by atoms with van der Waals surface area (Å²) in [5.74, 6) is 0.792. The Labute approximate surface area is 143 Å². The van der Waals surface area contributed by atoms with Gasteiger partial charge in [0.25, 0.3) is 5.91 Å². The highest BCUT2D eigenvalue weighted by Gasteiger charge is 2.26. The van der Waals surface area contributed by atoms with Gasteiger partial charge in [0.05, 0.1) is 0 Å². The van der Waals surface area contributed by atoms with Crippen LogP contribution in [0.2, 0.25) is 0 Å². The highest BCUT2D eigenvalue weighted by Crippen LogP contribution is 2.21. The minimum absolute atomic E-state index is 0.0586. The van der Waals surface area contributed by atoms with Crippen molar-refractivity contribution in [2.45, 2.75) is 20.0 Å². The van der Waals surface area contributed by atoms with Gasteiger partial charge in [-0.15, -0.1) is 0 Å². The van der Waals surface area contributed by atoms with E-state index in [1.807, 2.05) is 42.2 Å². The summed E-state index contributed by atoms with van der Waals surface area (Å²) in [5.41, 5.74) is 2.54. The summed E-state index contributed by atoms with van der Waals surface area (Å²) in [6.07, 6.45) is -0.461. The van der Waals surface area contributed by atoms with Crippen molar-refractivity contribution < 1.29 is 9.53 Å². The van der Waals surface area contributed by atoms with Gasteiger partial charge < -0.3 is 14.5 Å². The largest absolute Gasteiger partial charge is 0.481 e. The van der Waals surface area contributed by atoms with Gasteiger partial charge in [-0.25, -0.2) is 0 Å². The van der Waals surface area contributed by atoms with Crippen LogP contribution in [0, 0.1) is 6.92 Å². The second kappa shape index (κ2) is 7.39. The number of ether oxygens (including phenoxy) is 1. The molecule has 0 spiro atoms. The minimum Gasteiger partial charge on any atom is -0.481 e. The van der Waals surface area contributed by atoms with Crippen LogP contribution in [0.15, 0.2) is 54.6 Å². The molecule has 1 amide bonds. The van der Waals surface area contributed by atoms with Gasteiger partial charge in [0, 0.05) is 31.9 Å². The number of nitrogens with zero attached hydrogens (tertiary/aromatic N) is 2. The molecule has 4 nitrogen and oxygen atoms in total. The molecule has 0 radical (unpaired) electrons. The van der Waals surface area contributed by atoms with E-state index in [2.05, 4.69) is 36.1 Å². The number of hydrogen-bond donors (Lipinski definition) is 0. The summed E-state index contributed by atoms with van der Waals surface area (Å²) in [7, 11) is 0. The monoisotopic (exact) mass is 324 g/mol. The molecule has 126 valence electrons. The number of anilines is 1. The molecule has 0 aliphatic carbocycles. The average molecular weight is 324 g/mol. The normalized spacial score (nSPS) is 15.9. The van der Waals surface area contributed by atoms with Crippen molar-refractivity contribution >= 4 is 11.6 Å². The number of aryl methyl sites for hydroxylation is 1. The summed E-state index contributed by atoms with van der Waals surface area (Å²) in [6, 6.07) is 17.9. The third-order valence-corrected chi connectivity index (χ3v) is 4.45. The average Bonchev–Trinajstić information content (AvgIpc) is 2.62. The standard InChI is InChI=1S/C20H24N2O2/c1-16-8-6-7-11-19(16)21-12-14-22(15-13-21)20(23)17(2)24-18-9-4-3-5-10-18/h3-11,17H,12-15H2,1-2H3/t17-/m0/s1. The molecule has 0 N–H and O–H groups in total. The van der Waals surface area contributed by atoms with Crippen LogP contribution < -0.4 is 9.64 Å². The predicted molar refractivity (Wildman–Crippen MR) is 96.5 cm³/mol. The minimum atomic E-state index is -0.461. The topological polar surface area (TPSA) is 32.8 Å². The molecule has 0 unspecified atom stereocenters. The third-order valence-electron chi connectivity index (χ3n) is 4.45. The zero-order valence-corrected chi connectivity index (χ0v) is 14.3. The fraction of sp³-hybridized carbons (Fsp3) is 0.350. The maximum atomic E-state index is 12.6. The molecule has 2 aromatic rings. The Morgan fingerprint density at radius 1 is 0.958 bits per heavy atom. The van der Waals surface area contributed by atoms with Crippen molar-refractivity contribution in [2.75, 3.05) is 31.1 Å². The lowest BCUT2D eigenvalue weighted by atomic mass is 10.1. The summed E-state index contributed by atoms with van der Waals surface area (Å²) in [5, 5.41) is 0. The van der Waals surface area contributed by atoms with Gasteiger partial charge in [0.15, 0.2) is 6.10 Å². The Bertz CT molecular complexity index is 679. The highest BCUT2D eigenvalue weighted by atomic mass is 16.5. The molecular formula is C20H24N2O2. The van der Waals surface area contributed by atoms with Crippen LogP contribution >= 0.6 is 0 Å². The maximum absolute atomic E-state index is 12.6. The smallest absolute Gasteiger partial charge is 0.263 e. The van der Waals surface area contributed by atoms with Gasteiger partial charge in [-0.05, 0) is 37.6 Å². The predicted octanol–water partition coefficient (Wildman–Crippen LogP) is 3.11. The van der Waals surface area contributed by atoms with Crippen LogP contribution in [0.25, 0.3) is 0 Å². The lowest BCUT2D eigenvalue weighted by Gasteiger charge is -2.37. The molecule has 1 fully saturated rings. The van der Waals surface area contributed by atoms with Gasteiger partial charge in [-0.3, -0.25) is 4.79 Å². The summed E-state index contributed by atoms with van der Waals surface area (Å²) in [4.78, 5) is 16.8. The van der Waals surface area contributed by atoms with Crippen molar-refractivity contribution in [1.29, 1.82) is 0 Å². The first-order valence-electron chi connectivity index (χ1n) is 8.46. The second-order valence-corrected chi connectivity index (χ2v) is 6.17. The first-order valence-corrected chi connectivity index (χ1v) is 8.46. The van der Waals surface area contributed by atoms with Crippen LogP contribution in [0.1, 0.15) is 12.5 Å². The Morgan fingerprint density at radius 3 is 2.25 bits per heavy atom. The van der Waals surface area contributed by atoms with E-state index in [0.29, 0.717) is 0 Å². The van der Waals surface area contributed by atoms with Gasteiger partial charge >= 0.3 is 0 Å². The number of hydrogen-bond acceptors (Lipinski definition) is 3. The SMILES string of the molecule is Cc1ccccc1N1CCN(C(=O)[C@H](C)Oc2ccccc2)CC1. The molecule has 0 bridgehead atoms. The van der Waals surface area contributed by atoms with E-state index >= 15 is 0 Å². The molecule has 1 heterocycles. The molecule has 2 aromatic carbocycles. The van der Waals surface area contributed by atoms with Crippen LogP contribution in [0.3, 0.4) is 0 Å². The van der Waals surface area contributed by atoms with E-state index in [-0.39, 0.29) is 5.91 Å². The number of para-hydroxylation sites is 2. The number of rotatable bonds is 4. The summed E-state index contributed by atoms with van der Waals surface area (Å²) in [6.45, 7) is 7.13. The molecular weight excluding hydrogens is 300 g/mol. The fourth-order valence-corrected chi connectivity index (χ4v) is 3.10. The Hall–Kier alpha value is -2.49. The lowest BCUT2D eigenvalue weighted by Crippen LogP contribution is -2.52. The van der Waals surface area contributed by atoms with Crippen LogP contribution in [-0.2, 0) is 4.79 Å². The molecule has 0 saturated carbocycles. The van der Waals surface area contributed by atoms with Crippen molar-refractivity contribution in [3.05, 3.63) is 60.2 Å². The molecule has 24 heavy (non-hydrogen) atoms. The zero-order chi connectivity index (χ0) is 16.9. The molecule has 0 aromatic heterocycles. The Balaban J connectivity index is 1.56. The van der Waals surface area contributed by atoms with Crippen molar-refractivity contribution in [1.82, 2.24) is 4.90 Å². The van der Waals surface area contributed by atoms with Crippen molar-refractivity contribution in [2.24, 2.45) is 0 Å². The zero-order valence-electron chi connectivity index (χ0n) is 14.3. The Morgan fingerprint density at radius 2 is 1.58 bits per heavy atom. The number of piperazine rings is 1. The number of benzene rings is 2. The first-order chi connectivity index (χ1) is 11.6. The highest BCUT2D eigenvalue weighted by molar-refractivity contribution is 5.81. The number of carbonyl (C=O) groups is 1. The van der Waals surface area contributed by atoms with Crippen LogP contribution in [0.5, 0.6) is 5.75 Å². The van der Waals surface area contributed by atoms with Gasteiger partial charge in [0.2, 0.25) is 0 Å².